The summed E-state index contributed by atoms with van der Waals surface area (Å²) >= 11 is 3.25. The highest BCUT2D eigenvalue weighted by molar-refractivity contribution is 9.10. The van der Waals surface area contributed by atoms with E-state index in [1.807, 2.05) is 13.8 Å². The molecule has 1 amide bonds. The van der Waals surface area contributed by atoms with Crippen LogP contribution in [-0.4, -0.2) is 31.3 Å². The number of sulfonamides is 1. The Labute approximate surface area is 133 Å². The number of nitrogens with zero attached hydrogens (tertiary/aromatic N) is 1. The van der Waals surface area contributed by atoms with Crippen LogP contribution in [0.2, 0.25) is 0 Å². The first-order valence-electron chi connectivity index (χ1n) is 6.69. The Hall–Kier alpha value is -0.920. The highest BCUT2D eigenvalue weighted by Gasteiger charge is 2.36. The summed E-state index contributed by atoms with van der Waals surface area (Å²) in [4.78, 5) is 14.6. The number of benzene rings is 1. The molecule has 0 saturated carbocycles. The molecule has 0 unspecified atom stereocenters. The number of nitrogens with two attached hydrogens (primary N) is 1. The first-order valence-corrected chi connectivity index (χ1v) is 9.03. The zero-order valence-electron chi connectivity index (χ0n) is 12.3. The van der Waals surface area contributed by atoms with Crippen LogP contribution in [0.25, 0.3) is 0 Å². The van der Waals surface area contributed by atoms with Crippen LogP contribution >= 0.6 is 15.9 Å². The van der Waals surface area contributed by atoms with Crippen LogP contribution in [-0.2, 0) is 10.0 Å². The van der Waals surface area contributed by atoms with Crippen LogP contribution in [0.15, 0.2) is 21.5 Å². The second-order valence-electron chi connectivity index (χ2n) is 5.99. The van der Waals surface area contributed by atoms with Gasteiger partial charge in [0.1, 0.15) is 0 Å². The molecular weight excluding hydrogens is 356 g/mol. The third-order valence-electron chi connectivity index (χ3n) is 4.01. The minimum atomic E-state index is -3.87. The van der Waals surface area contributed by atoms with Crippen LogP contribution in [0.1, 0.15) is 42.6 Å². The van der Waals surface area contributed by atoms with Gasteiger partial charge < -0.3 is 4.90 Å². The van der Waals surface area contributed by atoms with Crippen molar-refractivity contribution in [2.24, 2.45) is 5.14 Å². The quantitative estimate of drug-likeness (QED) is 0.862. The van der Waals surface area contributed by atoms with Gasteiger partial charge in [0, 0.05) is 22.1 Å². The molecule has 0 aromatic heterocycles. The molecule has 5 nitrogen and oxygen atoms in total. The van der Waals surface area contributed by atoms with E-state index in [9.17, 15) is 13.2 Å². The summed E-state index contributed by atoms with van der Waals surface area (Å²) < 4.78 is 23.8. The molecule has 1 aromatic rings. The molecule has 7 heteroatoms. The third-order valence-corrected chi connectivity index (χ3v) is 5.50. The summed E-state index contributed by atoms with van der Waals surface area (Å²) in [6.07, 6.45) is 1.89. The number of amides is 1. The molecule has 0 radical (unpaired) electrons. The van der Waals surface area contributed by atoms with Gasteiger partial charge in [0.2, 0.25) is 10.0 Å². The number of likely N-dealkylation sites (tertiary alicyclic amines) is 1. The van der Waals surface area contributed by atoms with Gasteiger partial charge in [-0.25, -0.2) is 13.6 Å². The van der Waals surface area contributed by atoms with Crippen molar-refractivity contribution < 1.29 is 13.2 Å². The number of carbonyl (C=O) groups is 1. The lowest BCUT2D eigenvalue weighted by atomic mass is 10.0. The minimum Gasteiger partial charge on any atom is -0.334 e. The number of hydrogen-bond donors (Lipinski definition) is 1. The topological polar surface area (TPSA) is 80.5 Å². The van der Waals surface area contributed by atoms with Crippen molar-refractivity contribution in [2.75, 3.05) is 6.54 Å². The Morgan fingerprint density at radius 3 is 2.48 bits per heavy atom. The van der Waals surface area contributed by atoms with Crippen LogP contribution in [0.5, 0.6) is 0 Å². The second-order valence-corrected chi connectivity index (χ2v) is 8.44. The fraction of sp³-hybridized carbons (Fsp3) is 0.500. The van der Waals surface area contributed by atoms with Crippen molar-refractivity contribution in [3.05, 3.63) is 27.7 Å². The molecule has 2 rings (SSSR count). The lowest BCUT2D eigenvalue weighted by molar-refractivity contribution is 0.0651. The van der Waals surface area contributed by atoms with Crippen LogP contribution in [0.3, 0.4) is 0 Å². The van der Waals surface area contributed by atoms with Crippen molar-refractivity contribution in [3.8, 4) is 0 Å². The van der Waals surface area contributed by atoms with Gasteiger partial charge in [0.25, 0.3) is 5.91 Å². The average Bonchev–Trinajstić information content (AvgIpc) is 2.69. The van der Waals surface area contributed by atoms with E-state index in [-0.39, 0.29) is 16.3 Å². The molecule has 116 valence electrons. The Morgan fingerprint density at radius 2 is 2.00 bits per heavy atom. The molecule has 0 aliphatic carbocycles. The number of rotatable bonds is 2. The summed E-state index contributed by atoms with van der Waals surface area (Å²) in [6, 6.07) is 3.08. The van der Waals surface area contributed by atoms with E-state index < -0.39 is 10.0 Å². The van der Waals surface area contributed by atoms with E-state index in [1.54, 1.807) is 17.9 Å². The van der Waals surface area contributed by atoms with E-state index >= 15 is 0 Å². The van der Waals surface area contributed by atoms with Crippen molar-refractivity contribution in [1.82, 2.24) is 4.90 Å². The van der Waals surface area contributed by atoms with Gasteiger partial charge >= 0.3 is 0 Å². The lowest BCUT2D eigenvalue weighted by Gasteiger charge is -2.32. The molecule has 0 spiro atoms. The molecule has 0 atom stereocenters. The van der Waals surface area contributed by atoms with Gasteiger partial charge in [0.15, 0.2) is 0 Å². The number of primary sulfonamides is 1. The first-order chi connectivity index (χ1) is 9.54. The van der Waals surface area contributed by atoms with Gasteiger partial charge in [0.05, 0.1) is 4.90 Å². The molecule has 1 aromatic carbocycles. The van der Waals surface area contributed by atoms with E-state index in [2.05, 4.69) is 15.9 Å². The molecule has 1 heterocycles. The van der Waals surface area contributed by atoms with E-state index in [1.165, 1.54) is 6.07 Å². The summed E-state index contributed by atoms with van der Waals surface area (Å²) in [5.74, 6) is -0.152. The van der Waals surface area contributed by atoms with E-state index in [0.29, 0.717) is 22.1 Å². The van der Waals surface area contributed by atoms with Gasteiger partial charge in [-0.2, -0.15) is 0 Å². The highest BCUT2D eigenvalue weighted by Crippen LogP contribution is 2.32. The van der Waals surface area contributed by atoms with E-state index in [0.717, 1.165) is 12.8 Å². The molecular formula is C14H19BrN2O3S. The maximum absolute atomic E-state index is 12.8. The predicted octanol–water partition coefficient (Wildman–Crippen LogP) is 2.42. The smallest absolute Gasteiger partial charge is 0.254 e. The molecule has 1 saturated heterocycles. The monoisotopic (exact) mass is 374 g/mol. The summed E-state index contributed by atoms with van der Waals surface area (Å²) in [5, 5.41) is 5.23. The third kappa shape index (κ3) is 3.14. The number of hydrogen-bond acceptors (Lipinski definition) is 3. The zero-order valence-corrected chi connectivity index (χ0v) is 14.7. The molecule has 0 bridgehead atoms. The normalized spacial score (nSPS) is 18.0. The van der Waals surface area contributed by atoms with Crippen molar-refractivity contribution in [3.63, 3.8) is 0 Å². The number of halogens is 1. The fourth-order valence-corrected chi connectivity index (χ4v) is 4.24. The fourth-order valence-electron chi connectivity index (χ4n) is 2.80. The Bertz CT molecular complexity index is 698. The molecule has 21 heavy (non-hydrogen) atoms. The second kappa shape index (κ2) is 5.37. The average molecular weight is 375 g/mol. The number of carbonyl (C=O) groups excluding carboxylic acids is 1. The molecule has 1 aliphatic heterocycles. The van der Waals surface area contributed by atoms with Gasteiger partial charge in [-0.1, -0.05) is 15.9 Å². The highest BCUT2D eigenvalue weighted by atomic mass is 79.9. The van der Waals surface area contributed by atoms with Crippen LogP contribution in [0, 0.1) is 6.92 Å². The Morgan fingerprint density at radius 1 is 1.38 bits per heavy atom. The zero-order chi connectivity index (χ0) is 16.0. The molecule has 2 N–H and O–H groups in total. The summed E-state index contributed by atoms with van der Waals surface area (Å²) in [5.41, 5.74) is 0.560. The largest absolute Gasteiger partial charge is 0.334 e. The van der Waals surface area contributed by atoms with Gasteiger partial charge in [-0.05, 0) is 51.3 Å². The summed E-state index contributed by atoms with van der Waals surface area (Å²) in [7, 11) is -3.87. The SMILES string of the molecule is Cc1c(C(=O)N2CCCC2(C)C)cc(Br)cc1S(N)(=O)=O. The Kier molecular flexibility index (Phi) is 4.21. The maximum Gasteiger partial charge on any atom is 0.254 e. The van der Waals surface area contributed by atoms with Gasteiger partial charge in [-0.3, -0.25) is 4.79 Å². The van der Waals surface area contributed by atoms with Crippen molar-refractivity contribution in [2.45, 2.75) is 44.0 Å². The lowest BCUT2D eigenvalue weighted by Crippen LogP contribution is -2.43. The summed E-state index contributed by atoms with van der Waals surface area (Å²) in [6.45, 7) is 6.34. The van der Waals surface area contributed by atoms with Gasteiger partial charge in [-0.15, -0.1) is 0 Å². The van der Waals surface area contributed by atoms with Crippen LogP contribution in [0.4, 0.5) is 0 Å². The predicted molar refractivity (Wildman–Crippen MR) is 84.6 cm³/mol. The van der Waals surface area contributed by atoms with E-state index in [4.69, 9.17) is 5.14 Å². The minimum absolute atomic E-state index is 0.0165. The van der Waals surface area contributed by atoms with Crippen molar-refractivity contribution in [1.29, 1.82) is 0 Å². The Balaban J connectivity index is 2.55. The molecule has 1 aliphatic rings. The van der Waals surface area contributed by atoms with Crippen molar-refractivity contribution >= 4 is 31.9 Å². The maximum atomic E-state index is 12.8. The standard InChI is InChI=1S/C14H19BrN2O3S/c1-9-11(7-10(15)8-12(9)21(16,19)20)13(18)17-6-4-5-14(17,2)3/h7-8H,4-6H2,1-3H3,(H2,16,19,20). The first kappa shape index (κ1) is 16.5. The van der Waals surface area contributed by atoms with Crippen LogP contribution < -0.4 is 5.14 Å². The molecule has 1 fully saturated rings.